The van der Waals surface area contributed by atoms with Gasteiger partial charge in [0.25, 0.3) is 5.56 Å². The smallest absolute Gasteiger partial charge is 0.261 e. The van der Waals surface area contributed by atoms with Crippen LogP contribution in [0.1, 0.15) is 42.7 Å². The van der Waals surface area contributed by atoms with Gasteiger partial charge in [-0.05, 0) is 31.4 Å². The molecule has 3 aromatic rings. The molecule has 1 N–H and O–H groups in total. The van der Waals surface area contributed by atoms with Crippen molar-refractivity contribution >= 4 is 0 Å². The van der Waals surface area contributed by atoms with E-state index in [1.54, 1.807) is 10.9 Å². The van der Waals surface area contributed by atoms with Crippen molar-refractivity contribution in [3.63, 3.8) is 0 Å². The van der Waals surface area contributed by atoms with Crippen LogP contribution in [-0.2, 0) is 4.74 Å². The van der Waals surface area contributed by atoms with E-state index >= 15 is 0 Å². The monoisotopic (exact) mass is 349 g/mol. The van der Waals surface area contributed by atoms with Crippen molar-refractivity contribution in [1.29, 1.82) is 0 Å². The highest BCUT2D eigenvalue weighted by Gasteiger charge is 2.28. The zero-order valence-corrected chi connectivity index (χ0v) is 14.3. The van der Waals surface area contributed by atoms with Crippen molar-refractivity contribution in [2.45, 2.75) is 31.1 Å². The van der Waals surface area contributed by atoms with E-state index in [4.69, 9.17) is 14.8 Å². The number of nitrogens with zero attached hydrogens (tertiary/aromatic N) is 4. The maximum Gasteiger partial charge on any atom is 0.261 e. The summed E-state index contributed by atoms with van der Waals surface area (Å²) in [6.45, 7) is 1.34. The summed E-state index contributed by atoms with van der Waals surface area (Å²) in [5, 5.41) is 4.69. The molecule has 1 aliphatic heterocycles. The Kier molecular flexibility index (Phi) is 3.67. The van der Waals surface area contributed by atoms with E-state index < -0.39 is 0 Å². The summed E-state index contributed by atoms with van der Waals surface area (Å²) in [5.41, 5.74) is 1.14. The van der Waals surface area contributed by atoms with E-state index in [1.807, 2.05) is 30.3 Å². The molecule has 0 amide bonds. The van der Waals surface area contributed by atoms with E-state index in [9.17, 15) is 4.79 Å². The standard InChI is InChI=1S/C19H19N5O2/c25-19-15(10-20-16(22-19)12-6-7-12)18-21-17(13-8-9-26-11-13)23-24(18)14-4-2-1-3-5-14/h1-5,10,12-13H,6-9,11H2,(H,20,22,25)/t13-/m0/s1. The molecule has 5 rings (SSSR count). The Balaban J connectivity index is 1.63. The molecule has 26 heavy (non-hydrogen) atoms. The minimum Gasteiger partial charge on any atom is -0.381 e. The van der Waals surface area contributed by atoms with Gasteiger partial charge < -0.3 is 9.72 Å². The summed E-state index contributed by atoms with van der Waals surface area (Å²) in [7, 11) is 0. The second-order valence-electron chi connectivity index (χ2n) is 6.89. The van der Waals surface area contributed by atoms with E-state index in [0.717, 1.165) is 37.4 Å². The number of H-pyrrole nitrogens is 1. The van der Waals surface area contributed by atoms with Crippen LogP contribution in [0.15, 0.2) is 41.3 Å². The van der Waals surface area contributed by atoms with Gasteiger partial charge in [-0.25, -0.2) is 14.6 Å². The number of aromatic amines is 1. The van der Waals surface area contributed by atoms with Crippen LogP contribution in [0.3, 0.4) is 0 Å². The fourth-order valence-corrected chi connectivity index (χ4v) is 3.29. The van der Waals surface area contributed by atoms with E-state index in [0.29, 0.717) is 29.7 Å². The molecule has 2 fully saturated rings. The molecule has 7 nitrogen and oxygen atoms in total. The van der Waals surface area contributed by atoms with E-state index in [2.05, 4.69) is 9.97 Å². The van der Waals surface area contributed by atoms with Gasteiger partial charge in [0.05, 0.1) is 12.3 Å². The summed E-state index contributed by atoms with van der Waals surface area (Å²) in [5.74, 6) is 2.57. The minimum absolute atomic E-state index is 0.163. The van der Waals surface area contributed by atoms with Gasteiger partial charge in [-0.15, -0.1) is 0 Å². The molecule has 2 aromatic heterocycles. The van der Waals surface area contributed by atoms with Crippen molar-refractivity contribution in [3.05, 3.63) is 58.5 Å². The Bertz CT molecular complexity index is 985. The van der Waals surface area contributed by atoms with Crippen LogP contribution in [-0.4, -0.2) is 37.9 Å². The normalized spacial score (nSPS) is 19.8. The van der Waals surface area contributed by atoms with Crippen molar-refractivity contribution in [1.82, 2.24) is 24.7 Å². The molecule has 1 saturated carbocycles. The van der Waals surface area contributed by atoms with Crippen LogP contribution < -0.4 is 5.56 Å². The van der Waals surface area contributed by atoms with Crippen molar-refractivity contribution in [2.24, 2.45) is 0 Å². The molecule has 0 bridgehead atoms. The highest BCUT2D eigenvalue weighted by Crippen LogP contribution is 2.37. The third-order valence-electron chi connectivity index (χ3n) is 4.94. The number of hydrogen-bond acceptors (Lipinski definition) is 5. The van der Waals surface area contributed by atoms with Crippen LogP contribution in [0.2, 0.25) is 0 Å². The van der Waals surface area contributed by atoms with Gasteiger partial charge >= 0.3 is 0 Å². The molecule has 0 unspecified atom stereocenters. The SMILES string of the molecule is O=c1[nH]c(C2CC2)ncc1-c1nc([C@H]2CCOC2)nn1-c1ccccc1. The molecule has 1 aliphatic carbocycles. The Morgan fingerprint density at radius 1 is 1.12 bits per heavy atom. The highest BCUT2D eigenvalue weighted by molar-refractivity contribution is 5.56. The maximum absolute atomic E-state index is 12.7. The first-order chi connectivity index (χ1) is 12.8. The number of para-hydroxylation sites is 1. The average molecular weight is 349 g/mol. The van der Waals surface area contributed by atoms with Gasteiger partial charge in [0.2, 0.25) is 0 Å². The van der Waals surface area contributed by atoms with Gasteiger partial charge in [0, 0.05) is 24.6 Å². The van der Waals surface area contributed by atoms with Crippen molar-refractivity contribution in [3.8, 4) is 17.1 Å². The predicted octanol–water partition coefficient (Wildman–Crippen LogP) is 2.40. The molecule has 7 heteroatoms. The quantitative estimate of drug-likeness (QED) is 0.782. The third kappa shape index (κ3) is 2.74. The molecule has 0 spiro atoms. The average Bonchev–Trinajstić information content (AvgIpc) is 3.20. The molecule has 3 heterocycles. The minimum atomic E-state index is -0.166. The first-order valence-corrected chi connectivity index (χ1v) is 8.99. The Hall–Kier alpha value is -2.80. The zero-order chi connectivity index (χ0) is 17.5. The van der Waals surface area contributed by atoms with E-state index in [-0.39, 0.29) is 11.5 Å². The summed E-state index contributed by atoms with van der Waals surface area (Å²) in [4.78, 5) is 24.8. The summed E-state index contributed by atoms with van der Waals surface area (Å²) >= 11 is 0. The number of aromatic nitrogens is 5. The molecule has 1 atom stereocenters. The van der Waals surface area contributed by atoms with Crippen LogP contribution >= 0.6 is 0 Å². The first-order valence-electron chi connectivity index (χ1n) is 8.99. The molecular weight excluding hydrogens is 330 g/mol. The fraction of sp³-hybridized carbons (Fsp3) is 0.368. The predicted molar refractivity (Wildman–Crippen MR) is 95.4 cm³/mol. The first kappa shape index (κ1) is 15.5. The maximum atomic E-state index is 12.7. The van der Waals surface area contributed by atoms with Crippen molar-refractivity contribution in [2.75, 3.05) is 13.2 Å². The Labute approximate surface area is 150 Å². The number of rotatable bonds is 4. The molecule has 1 aromatic carbocycles. The lowest BCUT2D eigenvalue weighted by atomic mass is 10.1. The molecule has 0 radical (unpaired) electrons. The Morgan fingerprint density at radius 2 is 1.96 bits per heavy atom. The topological polar surface area (TPSA) is 85.7 Å². The molecular formula is C19H19N5O2. The fourth-order valence-electron chi connectivity index (χ4n) is 3.29. The second-order valence-corrected chi connectivity index (χ2v) is 6.89. The van der Waals surface area contributed by atoms with Crippen LogP contribution in [0.4, 0.5) is 0 Å². The Morgan fingerprint density at radius 3 is 2.65 bits per heavy atom. The van der Waals surface area contributed by atoms with Crippen LogP contribution in [0, 0.1) is 0 Å². The van der Waals surface area contributed by atoms with Crippen LogP contribution in [0.5, 0.6) is 0 Å². The van der Waals surface area contributed by atoms with Gasteiger partial charge in [0.1, 0.15) is 11.4 Å². The summed E-state index contributed by atoms with van der Waals surface area (Å²) < 4.78 is 7.21. The molecule has 1 saturated heterocycles. The van der Waals surface area contributed by atoms with Crippen LogP contribution in [0.25, 0.3) is 17.1 Å². The van der Waals surface area contributed by atoms with Gasteiger partial charge in [-0.3, -0.25) is 4.79 Å². The van der Waals surface area contributed by atoms with Gasteiger partial charge in [-0.1, -0.05) is 18.2 Å². The number of ether oxygens (including phenoxy) is 1. The summed E-state index contributed by atoms with van der Waals surface area (Å²) in [6.07, 6.45) is 4.71. The number of nitrogens with one attached hydrogen (secondary N) is 1. The third-order valence-corrected chi connectivity index (χ3v) is 4.94. The lowest BCUT2D eigenvalue weighted by molar-refractivity contribution is 0.193. The lowest BCUT2D eigenvalue weighted by Crippen LogP contribution is -2.15. The van der Waals surface area contributed by atoms with E-state index in [1.165, 1.54) is 0 Å². The van der Waals surface area contributed by atoms with Gasteiger partial charge in [0.15, 0.2) is 11.6 Å². The van der Waals surface area contributed by atoms with Crippen molar-refractivity contribution < 1.29 is 4.74 Å². The highest BCUT2D eigenvalue weighted by atomic mass is 16.5. The number of benzene rings is 1. The lowest BCUT2D eigenvalue weighted by Gasteiger charge is -2.05. The summed E-state index contributed by atoms with van der Waals surface area (Å²) in [6, 6.07) is 9.74. The van der Waals surface area contributed by atoms with Gasteiger partial charge in [-0.2, -0.15) is 5.10 Å². The molecule has 132 valence electrons. The number of hydrogen-bond donors (Lipinski definition) is 1. The second kappa shape index (κ2) is 6.17. The largest absolute Gasteiger partial charge is 0.381 e. The zero-order valence-electron chi connectivity index (χ0n) is 14.3. The molecule has 2 aliphatic rings.